The van der Waals surface area contributed by atoms with Gasteiger partial charge in [-0.25, -0.2) is 4.39 Å². The minimum absolute atomic E-state index is 0.183. The summed E-state index contributed by atoms with van der Waals surface area (Å²) in [5.74, 6) is -0.183. The smallest absolute Gasteiger partial charge is 0.123 e. The molecule has 0 unspecified atom stereocenters. The maximum atomic E-state index is 12.5. The molecular formula is C12H17FO. The molecule has 0 aliphatic carbocycles. The fraction of sp³-hybridized carbons (Fsp3) is 0.500. The second-order valence-electron chi connectivity index (χ2n) is 3.72. The van der Waals surface area contributed by atoms with Gasteiger partial charge in [0.25, 0.3) is 0 Å². The molecule has 0 saturated carbocycles. The van der Waals surface area contributed by atoms with E-state index >= 15 is 0 Å². The molecule has 0 aromatic heterocycles. The molecule has 0 fully saturated rings. The lowest BCUT2D eigenvalue weighted by Crippen LogP contribution is -1.98. The van der Waals surface area contributed by atoms with Gasteiger partial charge in [-0.3, -0.25) is 0 Å². The Bertz CT molecular complexity index is 254. The number of aliphatic hydroxyl groups is 1. The van der Waals surface area contributed by atoms with Crippen molar-refractivity contribution in [3.05, 3.63) is 35.6 Å². The first-order chi connectivity index (χ1) is 6.68. The van der Waals surface area contributed by atoms with Gasteiger partial charge < -0.3 is 5.11 Å². The average molecular weight is 196 g/mol. The van der Waals surface area contributed by atoms with Crippen LogP contribution in [0.4, 0.5) is 4.39 Å². The number of hydrogen-bond acceptors (Lipinski definition) is 1. The van der Waals surface area contributed by atoms with E-state index in [0.717, 1.165) is 31.2 Å². The second kappa shape index (κ2) is 5.76. The summed E-state index contributed by atoms with van der Waals surface area (Å²) in [6, 6.07) is 6.61. The third-order valence-electron chi connectivity index (χ3n) is 2.25. The van der Waals surface area contributed by atoms with Crippen LogP contribution in [0.3, 0.4) is 0 Å². The summed E-state index contributed by atoms with van der Waals surface area (Å²) in [7, 11) is 0. The molecular weight excluding hydrogens is 179 g/mol. The molecule has 78 valence electrons. The summed E-state index contributed by atoms with van der Waals surface area (Å²) in [5, 5.41) is 9.04. The van der Waals surface area contributed by atoms with E-state index in [4.69, 9.17) is 5.11 Å². The van der Waals surface area contributed by atoms with E-state index in [9.17, 15) is 4.39 Å². The van der Waals surface area contributed by atoms with Crippen LogP contribution in [0.25, 0.3) is 0 Å². The van der Waals surface area contributed by atoms with Gasteiger partial charge in [0.05, 0.1) is 6.10 Å². The van der Waals surface area contributed by atoms with Crippen LogP contribution >= 0.6 is 0 Å². The summed E-state index contributed by atoms with van der Waals surface area (Å²) < 4.78 is 12.5. The first kappa shape index (κ1) is 11.2. The number of halogens is 1. The molecule has 2 heteroatoms. The Balaban J connectivity index is 2.21. The molecule has 0 bridgehead atoms. The summed E-state index contributed by atoms with van der Waals surface area (Å²) in [4.78, 5) is 0. The van der Waals surface area contributed by atoms with Crippen molar-refractivity contribution in [2.24, 2.45) is 0 Å². The van der Waals surface area contributed by atoms with Gasteiger partial charge >= 0.3 is 0 Å². The van der Waals surface area contributed by atoms with Gasteiger partial charge in [-0.2, -0.15) is 0 Å². The molecule has 0 spiro atoms. The van der Waals surface area contributed by atoms with E-state index in [0.29, 0.717) is 0 Å². The zero-order valence-corrected chi connectivity index (χ0v) is 8.54. The van der Waals surface area contributed by atoms with E-state index in [1.807, 2.05) is 12.1 Å². The number of aryl methyl sites for hydroxylation is 1. The third kappa shape index (κ3) is 4.38. The second-order valence-corrected chi connectivity index (χ2v) is 3.72. The molecule has 0 amide bonds. The van der Waals surface area contributed by atoms with Crippen LogP contribution in [0.5, 0.6) is 0 Å². The van der Waals surface area contributed by atoms with Crippen LogP contribution in [-0.2, 0) is 6.42 Å². The SMILES string of the molecule is C[C@H](O)CCCCc1ccc(F)cc1. The Morgan fingerprint density at radius 3 is 2.43 bits per heavy atom. The Morgan fingerprint density at radius 2 is 1.86 bits per heavy atom. The monoisotopic (exact) mass is 196 g/mol. The lowest BCUT2D eigenvalue weighted by Gasteiger charge is -2.03. The first-order valence-electron chi connectivity index (χ1n) is 5.11. The average Bonchev–Trinajstić information content (AvgIpc) is 2.15. The van der Waals surface area contributed by atoms with Crippen molar-refractivity contribution in [1.82, 2.24) is 0 Å². The third-order valence-corrected chi connectivity index (χ3v) is 2.25. The normalized spacial score (nSPS) is 12.8. The number of rotatable bonds is 5. The minimum Gasteiger partial charge on any atom is -0.393 e. The summed E-state index contributed by atoms with van der Waals surface area (Å²) in [5.41, 5.74) is 1.16. The van der Waals surface area contributed by atoms with Crippen LogP contribution in [0.15, 0.2) is 24.3 Å². The Kier molecular flexibility index (Phi) is 4.60. The van der Waals surface area contributed by atoms with Crippen molar-refractivity contribution in [3.63, 3.8) is 0 Å². The topological polar surface area (TPSA) is 20.2 Å². The van der Waals surface area contributed by atoms with Crippen LogP contribution in [0, 0.1) is 5.82 Å². The first-order valence-corrected chi connectivity index (χ1v) is 5.11. The predicted octanol–water partition coefficient (Wildman–Crippen LogP) is 2.92. The van der Waals surface area contributed by atoms with E-state index in [1.165, 1.54) is 12.1 Å². The Hall–Kier alpha value is -0.890. The standard InChI is InChI=1S/C12H17FO/c1-10(14)4-2-3-5-11-6-8-12(13)9-7-11/h6-10,14H,2-5H2,1H3/t10-/m0/s1. The van der Waals surface area contributed by atoms with Crippen molar-refractivity contribution in [2.75, 3.05) is 0 Å². The molecule has 14 heavy (non-hydrogen) atoms. The van der Waals surface area contributed by atoms with Crippen molar-refractivity contribution >= 4 is 0 Å². The molecule has 1 N–H and O–H groups in total. The molecule has 0 saturated heterocycles. The van der Waals surface area contributed by atoms with Crippen LogP contribution in [0.1, 0.15) is 31.7 Å². The highest BCUT2D eigenvalue weighted by Crippen LogP contribution is 2.08. The molecule has 0 aliphatic rings. The molecule has 1 nitrogen and oxygen atoms in total. The fourth-order valence-electron chi connectivity index (χ4n) is 1.42. The minimum atomic E-state index is -0.205. The molecule has 1 aromatic rings. The highest BCUT2D eigenvalue weighted by molar-refractivity contribution is 5.15. The molecule has 0 aliphatic heterocycles. The van der Waals surface area contributed by atoms with E-state index in [1.54, 1.807) is 6.92 Å². The van der Waals surface area contributed by atoms with Crippen molar-refractivity contribution in [2.45, 2.75) is 38.7 Å². The predicted molar refractivity (Wildman–Crippen MR) is 55.6 cm³/mol. The Morgan fingerprint density at radius 1 is 1.21 bits per heavy atom. The van der Waals surface area contributed by atoms with Gasteiger partial charge in [0.15, 0.2) is 0 Å². The molecule has 1 rings (SSSR count). The fourth-order valence-corrected chi connectivity index (χ4v) is 1.42. The summed E-state index contributed by atoms with van der Waals surface area (Å²) in [6.45, 7) is 1.80. The van der Waals surface area contributed by atoms with Gasteiger partial charge in [-0.1, -0.05) is 18.6 Å². The lowest BCUT2D eigenvalue weighted by atomic mass is 10.1. The lowest BCUT2D eigenvalue weighted by molar-refractivity contribution is 0.180. The number of benzene rings is 1. The highest BCUT2D eigenvalue weighted by atomic mass is 19.1. The van der Waals surface area contributed by atoms with Crippen molar-refractivity contribution < 1.29 is 9.50 Å². The maximum Gasteiger partial charge on any atom is 0.123 e. The van der Waals surface area contributed by atoms with Gasteiger partial charge in [-0.05, 0) is 43.9 Å². The van der Waals surface area contributed by atoms with E-state index in [2.05, 4.69) is 0 Å². The number of unbranched alkanes of at least 4 members (excludes halogenated alkanes) is 1. The summed E-state index contributed by atoms with van der Waals surface area (Å²) in [6.07, 6.45) is 3.68. The van der Waals surface area contributed by atoms with Crippen molar-refractivity contribution in [3.8, 4) is 0 Å². The quantitative estimate of drug-likeness (QED) is 0.718. The molecule has 0 heterocycles. The van der Waals surface area contributed by atoms with E-state index in [-0.39, 0.29) is 11.9 Å². The van der Waals surface area contributed by atoms with Crippen LogP contribution in [-0.4, -0.2) is 11.2 Å². The maximum absolute atomic E-state index is 12.5. The largest absolute Gasteiger partial charge is 0.393 e. The molecule has 1 aromatic carbocycles. The molecule has 1 atom stereocenters. The van der Waals surface area contributed by atoms with E-state index < -0.39 is 0 Å². The van der Waals surface area contributed by atoms with Gasteiger partial charge in [0.1, 0.15) is 5.82 Å². The van der Waals surface area contributed by atoms with Gasteiger partial charge in [-0.15, -0.1) is 0 Å². The van der Waals surface area contributed by atoms with Crippen LogP contribution in [0.2, 0.25) is 0 Å². The van der Waals surface area contributed by atoms with Crippen LogP contribution < -0.4 is 0 Å². The highest BCUT2D eigenvalue weighted by Gasteiger charge is 1.97. The summed E-state index contributed by atoms with van der Waals surface area (Å²) >= 11 is 0. The van der Waals surface area contributed by atoms with Gasteiger partial charge in [0.2, 0.25) is 0 Å². The van der Waals surface area contributed by atoms with Crippen molar-refractivity contribution in [1.29, 1.82) is 0 Å². The molecule has 0 radical (unpaired) electrons. The zero-order valence-electron chi connectivity index (χ0n) is 8.54. The van der Waals surface area contributed by atoms with Gasteiger partial charge in [0, 0.05) is 0 Å². The number of hydrogen-bond donors (Lipinski definition) is 1. The number of aliphatic hydroxyl groups excluding tert-OH is 1. The zero-order chi connectivity index (χ0) is 10.4. The Labute approximate surface area is 84.6 Å².